The van der Waals surface area contributed by atoms with Crippen molar-refractivity contribution in [2.45, 2.75) is 57.0 Å². The number of rotatable bonds is 3. The molecule has 0 unspecified atom stereocenters. The third-order valence-corrected chi connectivity index (χ3v) is 6.54. The van der Waals surface area contributed by atoms with Crippen LogP contribution in [0.5, 0.6) is 5.75 Å². The van der Waals surface area contributed by atoms with Crippen LogP contribution in [0.25, 0.3) is 0 Å². The lowest BCUT2D eigenvalue weighted by atomic mass is 9.81. The van der Waals surface area contributed by atoms with E-state index in [2.05, 4.69) is 17.0 Å². The molecule has 0 N–H and O–H groups in total. The van der Waals surface area contributed by atoms with Crippen LogP contribution >= 0.6 is 0 Å². The van der Waals surface area contributed by atoms with Crippen molar-refractivity contribution in [1.29, 1.82) is 0 Å². The van der Waals surface area contributed by atoms with Gasteiger partial charge in [0.25, 0.3) is 0 Å². The summed E-state index contributed by atoms with van der Waals surface area (Å²) in [6.45, 7) is 3.18. The molecule has 1 saturated carbocycles. The number of fused-ring (bicyclic) bond motifs is 1. The Balaban J connectivity index is 1.66. The molecule has 2 amide bonds. The number of carbonyl (C=O) groups is 2. The maximum absolute atomic E-state index is 13.1. The van der Waals surface area contributed by atoms with E-state index in [0.29, 0.717) is 12.5 Å². The summed E-state index contributed by atoms with van der Waals surface area (Å²) in [5.41, 5.74) is 1.19. The molecule has 5 nitrogen and oxygen atoms in total. The lowest BCUT2D eigenvalue weighted by Gasteiger charge is -2.44. The smallest absolute Gasteiger partial charge is 0.226 e. The molecule has 2 heterocycles. The van der Waals surface area contributed by atoms with Crippen LogP contribution in [0.3, 0.4) is 0 Å². The molecule has 4 rings (SSSR count). The number of likely N-dealkylation sites (tertiary alicyclic amines) is 2. The fourth-order valence-electron chi connectivity index (χ4n) is 4.94. The molecule has 140 valence electrons. The zero-order valence-electron chi connectivity index (χ0n) is 15.7. The van der Waals surface area contributed by atoms with Crippen LogP contribution in [0, 0.1) is 5.92 Å². The van der Waals surface area contributed by atoms with Gasteiger partial charge >= 0.3 is 0 Å². The van der Waals surface area contributed by atoms with E-state index in [4.69, 9.17) is 4.74 Å². The molecule has 2 saturated heterocycles. The second-order valence-corrected chi connectivity index (χ2v) is 7.91. The average molecular weight is 356 g/mol. The van der Waals surface area contributed by atoms with E-state index in [9.17, 15) is 9.59 Å². The number of amides is 2. The number of hydrogen-bond acceptors (Lipinski definition) is 3. The highest BCUT2D eigenvalue weighted by Gasteiger charge is 2.50. The lowest BCUT2D eigenvalue weighted by Crippen LogP contribution is -2.55. The zero-order chi connectivity index (χ0) is 18.3. The van der Waals surface area contributed by atoms with Crippen LogP contribution in [0.4, 0.5) is 0 Å². The van der Waals surface area contributed by atoms with Gasteiger partial charge in [-0.3, -0.25) is 9.59 Å². The average Bonchev–Trinajstić information content (AvgIpc) is 3.00. The van der Waals surface area contributed by atoms with Crippen molar-refractivity contribution in [3.05, 3.63) is 29.8 Å². The third kappa shape index (κ3) is 2.87. The van der Waals surface area contributed by atoms with Crippen molar-refractivity contribution >= 4 is 11.8 Å². The van der Waals surface area contributed by atoms with Crippen molar-refractivity contribution in [1.82, 2.24) is 9.80 Å². The fourth-order valence-corrected chi connectivity index (χ4v) is 4.94. The van der Waals surface area contributed by atoms with Gasteiger partial charge in [-0.05, 0) is 43.4 Å². The highest BCUT2D eigenvalue weighted by Crippen LogP contribution is 2.42. The van der Waals surface area contributed by atoms with E-state index >= 15 is 0 Å². The predicted octanol–water partition coefficient (Wildman–Crippen LogP) is 2.80. The summed E-state index contributed by atoms with van der Waals surface area (Å²) >= 11 is 0. The number of ether oxygens (including phenoxy) is 1. The van der Waals surface area contributed by atoms with Gasteiger partial charge in [0.05, 0.1) is 19.2 Å². The summed E-state index contributed by atoms with van der Waals surface area (Å²) in [6.07, 6.45) is 5.19. The van der Waals surface area contributed by atoms with E-state index < -0.39 is 0 Å². The first-order valence-corrected chi connectivity index (χ1v) is 9.82. The number of nitrogens with zero attached hydrogens (tertiary/aromatic N) is 2. The molecule has 2 aliphatic heterocycles. The summed E-state index contributed by atoms with van der Waals surface area (Å²) in [5, 5.41) is 0. The van der Waals surface area contributed by atoms with E-state index in [1.807, 2.05) is 17.0 Å². The normalized spacial score (nSPS) is 28.5. The van der Waals surface area contributed by atoms with Crippen LogP contribution in [0.15, 0.2) is 24.3 Å². The monoisotopic (exact) mass is 356 g/mol. The first kappa shape index (κ1) is 17.4. The Morgan fingerprint density at radius 3 is 2.35 bits per heavy atom. The molecule has 1 aliphatic carbocycles. The van der Waals surface area contributed by atoms with Crippen molar-refractivity contribution in [2.24, 2.45) is 5.92 Å². The van der Waals surface area contributed by atoms with Crippen LogP contribution in [-0.2, 0) is 9.59 Å². The first-order valence-electron chi connectivity index (χ1n) is 9.82. The number of benzene rings is 1. The molecular weight excluding hydrogens is 328 g/mol. The Hall–Kier alpha value is -2.04. The number of piperidine rings is 1. The molecule has 3 fully saturated rings. The number of methoxy groups -OCH3 is 1. The van der Waals surface area contributed by atoms with Gasteiger partial charge in [-0.25, -0.2) is 0 Å². The highest BCUT2D eigenvalue weighted by atomic mass is 16.5. The second kappa shape index (κ2) is 6.93. The van der Waals surface area contributed by atoms with E-state index in [1.54, 1.807) is 14.0 Å². The van der Waals surface area contributed by atoms with E-state index in [0.717, 1.165) is 38.0 Å². The fraction of sp³-hybridized carbons (Fsp3) is 0.619. The van der Waals surface area contributed by atoms with E-state index in [1.165, 1.54) is 12.0 Å². The molecule has 26 heavy (non-hydrogen) atoms. The van der Waals surface area contributed by atoms with Crippen LogP contribution in [-0.4, -0.2) is 53.9 Å². The van der Waals surface area contributed by atoms with Crippen molar-refractivity contribution in [3.8, 4) is 5.75 Å². The highest BCUT2D eigenvalue weighted by molar-refractivity contribution is 5.81. The number of hydrogen-bond donors (Lipinski definition) is 0. The SMILES string of the molecule is COc1ccc([C@H]2CN(C(C)=O)[C@@H]3CCCN(C(=O)C4CCC4)[C@H]23)cc1. The Bertz CT molecular complexity index is 683. The van der Waals surface area contributed by atoms with Crippen molar-refractivity contribution in [2.75, 3.05) is 20.2 Å². The van der Waals surface area contributed by atoms with Gasteiger partial charge in [-0.2, -0.15) is 0 Å². The summed E-state index contributed by atoms with van der Waals surface area (Å²) in [6, 6.07) is 8.38. The standard InChI is InChI=1S/C21H28N2O3/c1-14(24)23-13-18(15-8-10-17(26-2)11-9-15)20-19(23)7-4-12-22(20)21(25)16-5-3-6-16/h8-11,16,18-20H,3-7,12-13H2,1-2H3/t18-,19-,20-/m1/s1. The minimum atomic E-state index is 0.106. The van der Waals surface area contributed by atoms with Crippen LogP contribution < -0.4 is 4.74 Å². The lowest BCUT2D eigenvalue weighted by molar-refractivity contribution is -0.144. The number of carbonyl (C=O) groups excluding carboxylic acids is 2. The van der Waals surface area contributed by atoms with Crippen molar-refractivity contribution < 1.29 is 14.3 Å². The van der Waals surface area contributed by atoms with Gasteiger partial charge in [0.2, 0.25) is 11.8 Å². The Morgan fingerprint density at radius 1 is 1.04 bits per heavy atom. The van der Waals surface area contributed by atoms with Gasteiger partial charge < -0.3 is 14.5 Å². The van der Waals surface area contributed by atoms with Gasteiger partial charge in [-0.15, -0.1) is 0 Å². The van der Waals surface area contributed by atoms with Crippen molar-refractivity contribution in [3.63, 3.8) is 0 Å². The molecule has 3 atom stereocenters. The second-order valence-electron chi connectivity index (χ2n) is 7.91. The van der Waals surface area contributed by atoms with E-state index in [-0.39, 0.29) is 29.8 Å². The molecule has 1 aromatic rings. The predicted molar refractivity (Wildman–Crippen MR) is 99.0 cm³/mol. The minimum Gasteiger partial charge on any atom is -0.497 e. The van der Waals surface area contributed by atoms with Crippen LogP contribution in [0.1, 0.15) is 50.5 Å². The maximum atomic E-state index is 13.1. The summed E-state index contributed by atoms with van der Waals surface area (Å²) < 4.78 is 5.28. The molecule has 0 bridgehead atoms. The largest absolute Gasteiger partial charge is 0.497 e. The topological polar surface area (TPSA) is 49.9 Å². The minimum absolute atomic E-state index is 0.106. The summed E-state index contributed by atoms with van der Waals surface area (Å²) in [5.74, 6) is 1.65. The van der Waals surface area contributed by atoms with Gasteiger partial charge in [0, 0.05) is 31.8 Å². The Morgan fingerprint density at radius 2 is 1.77 bits per heavy atom. The molecule has 5 heteroatoms. The quantitative estimate of drug-likeness (QED) is 0.837. The van der Waals surface area contributed by atoms with Gasteiger partial charge in [0.15, 0.2) is 0 Å². The van der Waals surface area contributed by atoms with Gasteiger partial charge in [0.1, 0.15) is 5.75 Å². The summed E-state index contributed by atoms with van der Waals surface area (Å²) in [4.78, 5) is 29.5. The molecule has 0 spiro atoms. The molecule has 3 aliphatic rings. The molecular formula is C21H28N2O3. The summed E-state index contributed by atoms with van der Waals surface area (Å²) in [7, 11) is 1.66. The molecule has 0 radical (unpaired) electrons. The van der Waals surface area contributed by atoms with Gasteiger partial charge in [-0.1, -0.05) is 18.6 Å². The Labute approximate surface area is 155 Å². The third-order valence-electron chi connectivity index (χ3n) is 6.54. The zero-order valence-corrected chi connectivity index (χ0v) is 15.7. The Kier molecular flexibility index (Phi) is 4.63. The first-order chi connectivity index (χ1) is 12.6. The van der Waals surface area contributed by atoms with Crippen LogP contribution in [0.2, 0.25) is 0 Å². The maximum Gasteiger partial charge on any atom is 0.226 e. The molecule has 1 aromatic carbocycles. The molecule has 0 aromatic heterocycles.